The van der Waals surface area contributed by atoms with Gasteiger partial charge in [0.05, 0.1) is 24.4 Å². The second kappa shape index (κ2) is 6.92. The van der Waals surface area contributed by atoms with Crippen molar-refractivity contribution in [2.45, 2.75) is 70.2 Å². The first-order chi connectivity index (χ1) is 12.4. The van der Waals surface area contributed by atoms with Crippen LogP contribution in [0.15, 0.2) is 6.07 Å². The maximum atomic E-state index is 11.5. The molecule has 0 spiro atoms. The highest BCUT2D eigenvalue weighted by molar-refractivity contribution is 5.73. The summed E-state index contributed by atoms with van der Waals surface area (Å²) >= 11 is 0. The summed E-state index contributed by atoms with van der Waals surface area (Å²) in [5, 5.41) is 19.2. The molecule has 3 saturated heterocycles. The number of carbonyl (C=O) groups is 1. The number of aliphatic hydroxyl groups excluding tert-OH is 1. The topological polar surface area (TPSA) is 88.9 Å². The SMILES string of the molecule is CC(=O)N1CCC(N[C@H]2[C@H](O)[C@@H](n3nc(C)cc3C)[C@@H]3OC[C@H]2O3)CC1. The largest absolute Gasteiger partial charge is 0.389 e. The highest BCUT2D eigenvalue weighted by atomic mass is 16.7. The number of piperidine rings is 1. The monoisotopic (exact) mass is 364 g/mol. The minimum Gasteiger partial charge on any atom is -0.389 e. The highest BCUT2D eigenvalue weighted by Gasteiger charge is 2.52. The van der Waals surface area contributed by atoms with Crippen LogP contribution in [0.2, 0.25) is 0 Å². The number of nitrogens with one attached hydrogen (secondary N) is 1. The van der Waals surface area contributed by atoms with Gasteiger partial charge in [-0.1, -0.05) is 0 Å². The van der Waals surface area contributed by atoms with Gasteiger partial charge < -0.3 is 24.8 Å². The molecule has 4 rings (SSSR count). The van der Waals surface area contributed by atoms with Crippen molar-refractivity contribution in [3.8, 4) is 0 Å². The molecule has 144 valence electrons. The predicted molar refractivity (Wildman–Crippen MR) is 93.6 cm³/mol. The van der Waals surface area contributed by atoms with Gasteiger partial charge in [0.1, 0.15) is 12.1 Å². The summed E-state index contributed by atoms with van der Waals surface area (Å²) in [5.41, 5.74) is 1.90. The van der Waals surface area contributed by atoms with E-state index < -0.39 is 12.4 Å². The van der Waals surface area contributed by atoms with Gasteiger partial charge in [-0.05, 0) is 32.8 Å². The smallest absolute Gasteiger partial charge is 0.219 e. The van der Waals surface area contributed by atoms with Crippen molar-refractivity contribution in [3.63, 3.8) is 0 Å². The van der Waals surface area contributed by atoms with E-state index in [2.05, 4.69) is 10.4 Å². The lowest BCUT2D eigenvalue weighted by Crippen LogP contribution is -2.61. The molecule has 0 saturated carbocycles. The van der Waals surface area contributed by atoms with E-state index in [9.17, 15) is 9.90 Å². The summed E-state index contributed by atoms with van der Waals surface area (Å²) in [6.45, 7) is 7.51. The van der Waals surface area contributed by atoms with Crippen molar-refractivity contribution < 1.29 is 19.4 Å². The highest BCUT2D eigenvalue weighted by Crippen LogP contribution is 2.36. The van der Waals surface area contributed by atoms with Crippen LogP contribution in [0.5, 0.6) is 0 Å². The van der Waals surface area contributed by atoms with Crippen molar-refractivity contribution in [2.24, 2.45) is 0 Å². The Morgan fingerprint density at radius 2 is 2.08 bits per heavy atom. The molecule has 8 heteroatoms. The van der Waals surface area contributed by atoms with Crippen molar-refractivity contribution in [2.75, 3.05) is 19.7 Å². The molecule has 3 fully saturated rings. The number of amides is 1. The zero-order chi connectivity index (χ0) is 18.4. The molecule has 4 heterocycles. The lowest BCUT2D eigenvalue weighted by molar-refractivity contribution is -0.170. The van der Waals surface area contributed by atoms with Gasteiger partial charge in [-0.15, -0.1) is 0 Å². The maximum Gasteiger partial charge on any atom is 0.219 e. The molecule has 3 aliphatic heterocycles. The van der Waals surface area contributed by atoms with E-state index in [4.69, 9.17) is 9.47 Å². The van der Waals surface area contributed by atoms with Crippen LogP contribution in [0.3, 0.4) is 0 Å². The Hall–Kier alpha value is -1.48. The second-order valence-corrected chi connectivity index (χ2v) is 7.70. The fraction of sp³-hybridized carbons (Fsp3) is 0.778. The molecule has 1 aromatic heterocycles. The molecule has 0 radical (unpaired) electrons. The Balaban J connectivity index is 1.48. The number of ether oxygens (including phenoxy) is 2. The molecule has 1 amide bonds. The van der Waals surface area contributed by atoms with Crippen molar-refractivity contribution in [1.82, 2.24) is 20.0 Å². The number of aromatic nitrogens is 2. The molecule has 2 bridgehead atoms. The van der Waals surface area contributed by atoms with E-state index in [0.29, 0.717) is 6.61 Å². The number of likely N-dealkylation sites (tertiary alicyclic amines) is 1. The van der Waals surface area contributed by atoms with Gasteiger partial charge in [-0.3, -0.25) is 9.48 Å². The summed E-state index contributed by atoms with van der Waals surface area (Å²) in [7, 11) is 0. The Morgan fingerprint density at radius 3 is 2.69 bits per heavy atom. The van der Waals surface area contributed by atoms with Crippen LogP contribution in [0.1, 0.15) is 37.2 Å². The number of fused-ring (bicyclic) bond motifs is 2. The number of carbonyl (C=O) groups excluding carboxylic acids is 1. The standard InChI is InChI=1S/C18H28N4O4/c1-10-8-11(2)22(20-10)16-17(24)15(14-9-25-18(16)26-14)19-13-4-6-21(7-5-13)12(3)23/h8,13-19,24H,4-7,9H2,1-3H3/t14-,15-,16-,17+,18-/m1/s1. The zero-order valence-corrected chi connectivity index (χ0v) is 15.6. The average Bonchev–Trinajstić information content (AvgIpc) is 3.17. The number of aryl methyl sites for hydroxylation is 2. The zero-order valence-electron chi connectivity index (χ0n) is 15.6. The van der Waals surface area contributed by atoms with E-state index >= 15 is 0 Å². The summed E-state index contributed by atoms with van der Waals surface area (Å²) < 4.78 is 13.7. The predicted octanol–water partition coefficient (Wildman–Crippen LogP) is 0.126. The Kier molecular flexibility index (Phi) is 4.77. The van der Waals surface area contributed by atoms with Gasteiger partial charge >= 0.3 is 0 Å². The molecule has 3 aliphatic rings. The summed E-state index contributed by atoms with van der Waals surface area (Å²) in [4.78, 5) is 13.4. The lowest BCUT2D eigenvalue weighted by atomic mass is 9.93. The van der Waals surface area contributed by atoms with E-state index in [1.807, 2.05) is 29.5 Å². The van der Waals surface area contributed by atoms with Gasteiger partial charge in [0.25, 0.3) is 0 Å². The third-order valence-corrected chi connectivity index (χ3v) is 5.83. The Bertz CT molecular complexity index is 670. The molecule has 26 heavy (non-hydrogen) atoms. The van der Waals surface area contributed by atoms with Gasteiger partial charge in [0.2, 0.25) is 5.91 Å². The fourth-order valence-electron chi connectivity index (χ4n) is 4.45. The summed E-state index contributed by atoms with van der Waals surface area (Å²) in [6.07, 6.45) is 0.485. The maximum absolute atomic E-state index is 11.5. The Morgan fingerprint density at radius 1 is 1.35 bits per heavy atom. The molecule has 0 aromatic carbocycles. The number of nitrogens with zero attached hydrogens (tertiary/aromatic N) is 3. The van der Waals surface area contributed by atoms with Crippen LogP contribution in [0, 0.1) is 13.8 Å². The first-order valence-corrected chi connectivity index (χ1v) is 9.43. The first kappa shape index (κ1) is 17.9. The van der Waals surface area contributed by atoms with Gasteiger partial charge in [0, 0.05) is 31.7 Å². The molecule has 1 aromatic rings. The average molecular weight is 364 g/mol. The molecular formula is C18H28N4O4. The van der Waals surface area contributed by atoms with Gasteiger partial charge in [0.15, 0.2) is 6.29 Å². The second-order valence-electron chi connectivity index (χ2n) is 7.70. The van der Waals surface area contributed by atoms with E-state index in [-0.39, 0.29) is 30.1 Å². The Labute approximate surface area is 153 Å². The summed E-state index contributed by atoms with van der Waals surface area (Å²) in [6, 6.07) is 1.68. The van der Waals surface area contributed by atoms with Crippen LogP contribution < -0.4 is 5.32 Å². The quantitative estimate of drug-likeness (QED) is 0.792. The summed E-state index contributed by atoms with van der Waals surface area (Å²) in [5.74, 6) is 0.126. The number of hydrogen-bond acceptors (Lipinski definition) is 6. The van der Waals surface area contributed by atoms with Crippen LogP contribution in [0.4, 0.5) is 0 Å². The molecule has 8 nitrogen and oxygen atoms in total. The van der Waals surface area contributed by atoms with Crippen LogP contribution in [0.25, 0.3) is 0 Å². The molecule has 0 unspecified atom stereocenters. The first-order valence-electron chi connectivity index (χ1n) is 9.43. The third kappa shape index (κ3) is 3.15. The minimum absolute atomic E-state index is 0.126. The number of rotatable bonds is 3. The molecular weight excluding hydrogens is 336 g/mol. The molecule has 2 N–H and O–H groups in total. The van der Waals surface area contributed by atoms with E-state index in [1.165, 1.54) is 0 Å². The van der Waals surface area contributed by atoms with Crippen LogP contribution in [-0.2, 0) is 14.3 Å². The van der Waals surface area contributed by atoms with Crippen LogP contribution in [-0.4, -0.2) is 76.0 Å². The lowest BCUT2D eigenvalue weighted by Gasteiger charge is -2.42. The fourth-order valence-corrected chi connectivity index (χ4v) is 4.45. The van der Waals surface area contributed by atoms with E-state index in [1.54, 1.807) is 6.92 Å². The van der Waals surface area contributed by atoms with Crippen molar-refractivity contribution >= 4 is 5.91 Å². The van der Waals surface area contributed by atoms with E-state index in [0.717, 1.165) is 37.3 Å². The third-order valence-electron chi connectivity index (χ3n) is 5.83. The van der Waals surface area contributed by atoms with Crippen LogP contribution >= 0.6 is 0 Å². The van der Waals surface area contributed by atoms with Gasteiger partial charge in [-0.25, -0.2) is 0 Å². The van der Waals surface area contributed by atoms with Gasteiger partial charge in [-0.2, -0.15) is 5.10 Å². The molecule has 5 atom stereocenters. The van der Waals surface area contributed by atoms with Crippen molar-refractivity contribution in [1.29, 1.82) is 0 Å². The number of aliphatic hydroxyl groups is 1. The minimum atomic E-state index is -0.648. The number of hydrogen-bond donors (Lipinski definition) is 2. The normalized spacial score (nSPS) is 35.1. The molecule has 0 aliphatic carbocycles. The van der Waals surface area contributed by atoms with Crippen molar-refractivity contribution in [3.05, 3.63) is 17.5 Å².